The van der Waals surface area contributed by atoms with Crippen LogP contribution in [0.25, 0.3) is 0 Å². The molecule has 1 heterocycles. The summed E-state index contributed by atoms with van der Waals surface area (Å²) in [6, 6.07) is 12.6. The molecule has 4 nitrogen and oxygen atoms in total. The molecule has 1 aliphatic carbocycles. The summed E-state index contributed by atoms with van der Waals surface area (Å²) in [6.07, 6.45) is 4.87. The summed E-state index contributed by atoms with van der Waals surface area (Å²) in [4.78, 5) is 15.2. The van der Waals surface area contributed by atoms with Crippen LogP contribution >= 0.6 is 0 Å². The number of esters is 1. The van der Waals surface area contributed by atoms with Gasteiger partial charge in [0.25, 0.3) is 0 Å². The minimum absolute atomic E-state index is 0.0565. The quantitative estimate of drug-likeness (QED) is 0.664. The lowest BCUT2D eigenvalue weighted by Gasteiger charge is -2.41. The molecule has 0 amide bonds. The zero-order valence-electron chi connectivity index (χ0n) is 18.6. The van der Waals surface area contributed by atoms with Crippen LogP contribution in [0.2, 0.25) is 0 Å². The fourth-order valence-electron chi connectivity index (χ4n) is 5.15. The van der Waals surface area contributed by atoms with Gasteiger partial charge in [-0.1, -0.05) is 24.3 Å². The zero-order chi connectivity index (χ0) is 21.5. The number of likely N-dealkylation sites (tertiary alicyclic amines) is 1. The topological polar surface area (TPSA) is 38.8 Å². The molecular formula is C26H31NO3. The molecule has 0 radical (unpaired) electrons. The standard InChI is InChI=1S/C26H31NO3/c1-17-7-6-8-22(19(17)3)25(28)30-21-11-12-26(13-14-27(4)24(26)16-21)20-9-10-23(29-5)18(2)15-20/h6-11,15,24H,12-14,16H2,1-5H3/t24-,26-/m0/s1. The number of hydrogen-bond acceptors (Lipinski definition) is 4. The molecule has 2 atom stereocenters. The first-order chi connectivity index (χ1) is 14.4. The Hall–Kier alpha value is -2.59. The van der Waals surface area contributed by atoms with Crippen LogP contribution in [0.3, 0.4) is 0 Å². The van der Waals surface area contributed by atoms with Gasteiger partial charge in [-0.3, -0.25) is 0 Å². The van der Waals surface area contributed by atoms with Crippen molar-refractivity contribution in [3.8, 4) is 5.75 Å². The van der Waals surface area contributed by atoms with Crippen molar-refractivity contribution in [1.82, 2.24) is 4.90 Å². The molecule has 0 unspecified atom stereocenters. The number of rotatable bonds is 4. The van der Waals surface area contributed by atoms with Crippen LogP contribution in [0.5, 0.6) is 5.75 Å². The monoisotopic (exact) mass is 405 g/mol. The van der Waals surface area contributed by atoms with Gasteiger partial charge in [0, 0.05) is 17.9 Å². The lowest BCUT2D eigenvalue weighted by Crippen LogP contribution is -2.43. The Kier molecular flexibility index (Phi) is 5.46. The van der Waals surface area contributed by atoms with Crippen LogP contribution in [0, 0.1) is 20.8 Å². The van der Waals surface area contributed by atoms with Gasteiger partial charge in [0.15, 0.2) is 0 Å². The van der Waals surface area contributed by atoms with E-state index in [1.807, 2.05) is 32.0 Å². The maximum atomic E-state index is 12.8. The number of ether oxygens (including phenoxy) is 2. The van der Waals surface area contributed by atoms with Crippen molar-refractivity contribution in [2.24, 2.45) is 0 Å². The normalized spacial score (nSPS) is 23.6. The van der Waals surface area contributed by atoms with Gasteiger partial charge < -0.3 is 14.4 Å². The Balaban J connectivity index is 1.60. The van der Waals surface area contributed by atoms with Crippen LogP contribution in [-0.4, -0.2) is 37.6 Å². The van der Waals surface area contributed by atoms with Gasteiger partial charge in [0.2, 0.25) is 0 Å². The summed E-state index contributed by atoms with van der Waals surface area (Å²) in [5, 5.41) is 0. The van der Waals surface area contributed by atoms with Crippen LogP contribution in [-0.2, 0) is 10.2 Å². The highest BCUT2D eigenvalue weighted by Crippen LogP contribution is 2.48. The molecule has 158 valence electrons. The molecule has 4 heteroatoms. The van der Waals surface area contributed by atoms with E-state index in [0.717, 1.165) is 54.0 Å². The molecule has 1 fully saturated rings. The Labute approximate surface area is 179 Å². The second-order valence-corrected chi connectivity index (χ2v) is 8.80. The highest BCUT2D eigenvalue weighted by molar-refractivity contribution is 5.92. The lowest BCUT2D eigenvalue weighted by atomic mass is 9.68. The van der Waals surface area contributed by atoms with Crippen molar-refractivity contribution >= 4 is 5.97 Å². The molecular weight excluding hydrogens is 374 g/mol. The first kappa shape index (κ1) is 20.7. The van der Waals surface area contributed by atoms with Crippen LogP contribution in [0.1, 0.15) is 51.9 Å². The summed E-state index contributed by atoms with van der Waals surface area (Å²) in [5.41, 5.74) is 5.31. The second kappa shape index (κ2) is 7.92. The maximum Gasteiger partial charge on any atom is 0.343 e. The van der Waals surface area contributed by atoms with E-state index in [-0.39, 0.29) is 11.4 Å². The summed E-state index contributed by atoms with van der Waals surface area (Å²) in [5.74, 6) is 1.46. The van der Waals surface area contributed by atoms with Gasteiger partial charge in [-0.25, -0.2) is 4.79 Å². The van der Waals surface area contributed by atoms with Crippen molar-refractivity contribution in [2.45, 2.75) is 51.5 Å². The molecule has 30 heavy (non-hydrogen) atoms. The second-order valence-electron chi connectivity index (χ2n) is 8.80. The van der Waals surface area contributed by atoms with E-state index in [2.05, 4.69) is 43.1 Å². The van der Waals surface area contributed by atoms with E-state index >= 15 is 0 Å². The van der Waals surface area contributed by atoms with E-state index in [1.165, 1.54) is 5.56 Å². The van der Waals surface area contributed by atoms with Gasteiger partial charge in [-0.15, -0.1) is 0 Å². The van der Waals surface area contributed by atoms with Gasteiger partial charge in [0.05, 0.1) is 12.7 Å². The van der Waals surface area contributed by atoms with Crippen LogP contribution in [0.15, 0.2) is 48.2 Å². The zero-order valence-corrected chi connectivity index (χ0v) is 18.6. The van der Waals surface area contributed by atoms with Crippen molar-refractivity contribution < 1.29 is 14.3 Å². The van der Waals surface area contributed by atoms with E-state index in [4.69, 9.17) is 9.47 Å². The number of fused-ring (bicyclic) bond motifs is 1. The third kappa shape index (κ3) is 3.43. The van der Waals surface area contributed by atoms with Gasteiger partial charge in [0.1, 0.15) is 11.5 Å². The number of carbonyl (C=O) groups is 1. The Morgan fingerprint density at radius 3 is 2.67 bits per heavy atom. The number of hydrogen-bond donors (Lipinski definition) is 0. The van der Waals surface area contributed by atoms with E-state index < -0.39 is 0 Å². The van der Waals surface area contributed by atoms with Crippen molar-refractivity contribution in [1.29, 1.82) is 0 Å². The van der Waals surface area contributed by atoms with Crippen molar-refractivity contribution in [2.75, 3.05) is 20.7 Å². The SMILES string of the molecule is COc1ccc([C@@]23CC=C(OC(=O)c4cccc(C)c4C)C[C@@H]2N(C)CC3)cc1C. The number of allylic oxidation sites excluding steroid dienone is 1. The summed E-state index contributed by atoms with van der Waals surface area (Å²) < 4.78 is 11.3. The predicted molar refractivity (Wildman–Crippen MR) is 119 cm³/mol. The Morgan fingerprint density at radius 1 is 1.13 bits per heavy atom. The van der Waals surface area contributed by atoms with Crippen LogP contribution in [0.4, 0.5) is 0 Å². The van der Waals surface area contributed by atoms with Crippen LogP contribution < -0.4 is 4.74 Å². The number of likely N-dealkylation sites (N-methyl/N-ethyl adjacent to an activating group) is 1. The predicted octanol–water partition coefficient (Wildman–Crippen LogP) is 5.10. The molecule has 0 aromatic heterocycles. The summed E-state index contributed by atoms with van der Waals surface area (Å²) >= 11 is 0. The average Bonchev–Trinajstić information content (AvgIpc) is 3.07. The molecule has 0 spiro atoms. The number of nitrogens with zero attached hydrogens (tertiary/aromatic N) is 1. The van der Waals surface area contributed by atoms with E-state index in [1.54, 1.807) is 7.11 Å². The first-order valence-corrected chi connectivity index (χ1v) is 10.7. The lowest BCUT2D eigenvalue weighted by molar-refractivity contribution is 0.0579. The molecule has 0 bridgehead atoms. The fraction of sp³-hybridized carbons (Fsp3) is 0.423. The minimum atomic E-state index is -0.254. The van der Waals surface area contributed by atoms with E-state index in [0.29, 0.717) is 11.6 Å². The third-order valence-corrected chi connectivity index (χ3v) is 7.19. The number of carbonyl (C=O) groups excluding carboxylic acids is 1. The molecule has 0 N–H and O–H groups in total. The maximum absolute atomic E-state index is 12.8. The highest BCUT2D eigenvalue weighted by atomic mass is 16.5. The minimum Gasteiger partial charge on any atom is -0.496 e. The largest absolute Gasteiger partial charge is 0.496 e. The third-order valence-electron chi connectivity index (χ3n) is 7.19. The van der Waals surface area contributed by atoms with Crippen molar-refractivity contribution in [3.63, 3.8) is 0 Å². The molecule has 4 rings (SSSR count). The van der Waals surface area contributed by atoms with Crippen molar-refractivity contribution in [3.05, 3.63) is 76.1 Å². The number of methoxy groups -OCH3 is 1. The summed E-state index contributed by atoms with van der Waals surface area (Å²) in [7, 11) is 3.89. The molecule has 2 aliphatic rings. The molecule has 2 aromatic rings. The highest BCUT2D eigenvalue weighted by Gasteiger charge is 2.49. The number of aryl methyl sites for hydroxylation is 2. The average molecular weight is 406 g/mol. The Bertz CT molecular complexity index is 1010. The first-order valence-electron chi connectivity index (χ1n) is 10.7. The molecule has 1 saturated heterocycles. The molecule has 0 saturated carbocycles. The van der Waals surface area contributed by atoms with Gasteiger partial charge >= 0.3 is 5.97 Å². The van der Waals surface area contributed by atoms with Gasteiger partial charge in [-0.2, -0.15) is 0 Å². The summed E-state index contributed by atoms with van der Waals surface area (Å²) in [6.45, 7) is 7.14. The smallest absolute Gasteiger partial charge is 0.343 e. The molecule has 1 aliphatic heterocycles. The van der Waals surface area contributed by atoms with Gasteiger partial charge in [-0.05, 0) is 87.7 Å². The fourth-order valence-corrected chi connectivity index (χ4v) is 5.15. The Morgan fingerprint density at radius 2 is 1.93 bits per heavy atom. The molecule has 2 aromatic carbocycles. The van der Waals surface area contributed by atoms with E-state index in [9.17, 15) is 4.79 Å². The number of benzene rings is 2.